The Morgan fingerprint density at radius 3 is 2.48 bits per heavy atom. The predicted molar refractivity (Wildman–Crippen MR) is 127 cm³/mol. The van der Waals surface area contributed by atoms with E-state index in [4.69, 9.17) is 4.74 Å². The number of piperazine rings is 1. The molecule has 2 fully saturated rings. The summed E-state index contributed by atoms with van der Waals surface area (Å²) in [6, 6.07) is 12.7. The van der Waals surface area contributed by atoms with Gasteiger partial charge >= 0.3 is 0 Å². The molecule has 2 N–H and O–H groups in total. The topological polar surface area (TPSA) is 91.0 Å². The molecule has 0 spiro atoms. The smallest absolute Gasteiger partial charge is 0.251 e. The molecule has 0 atom stereocenters. The molecule has 0 bridgehead atoms. The Balaban J connectivity index is 1.40. The number of carbonyl (C=O) groups excluding carboxylic acids is 1. The molecule has 1 heterocycles. The van der Waals surface area contributed by atoms with Crippen molar-refractivity contribution in [3.63, 3.8) is 0 Å². The molecule has 1 saturated carbocycles. The highest BCUT2D eigenvalue weighted by Crippen LogP contribution is 2.28. The van der Waals surface area contributed by atoms with E-state index in [-0.39, 0.29) is 28.2 Å². The largest absolute Gasteiger partial charge is 0.495 e. The predicted octanol–water partition coefficient (Wildman–Crippen LogP) is 1.81. The number of carbonyl (C=O) groups is 1. The highest BCUT2D eigenvalue weighted by atomic mass is 32.2. The number of nitrogens with zero attached hydrogens (tertiary/aromatic N) is 2. The van der Waals surface area contributed by atoms with Crippen molar-refractivity contribution in [1.82, 2.24) is 19.8 Å². The van der Waals surface area contributed by atoms with E-state index in [0.29, 0.717) is 6.54 Å². The number of hydrogen-bond acceptors (Lipinski definition) is 6. The molecule has 1 aliphatic carbocycles. The Labute approximate surface area is 196 Å². The number of ether oxygens (including phenoxy) is 1. The van der Waals surface area contributed by atoms with Gasteiger partial charge in [0.05, 0.1) is 7.11 Å². The molecule has 2 aromatic rings. The van der Waals surface area contributed by atoms with Crippen molar-refractivity contribution in [2.45, 2.75) is 36.9 Å². The number of nitrogens with one attached hydrogen (secondary N) is 2. The number of amides is 1. The Morgan fingerprint density at radius 2 is 1.79 bits per heavy atom. The van der Waals surface area contributed by atoms with Gasteiger partial charge in [0.2, 0.25) is 10.0 Å². The lowest BCUT2D eigenvalue weighted by Gasteiger charge is -2.32. The summed E-state index contributed by atoms with van der Waals surface area (Å²) >= 11 is 0. The zero-order valence-corrected chi connectivity index (χ0v) is 20.0. The molecule has 9 heteroatoms. The Kier molecular flexibility index (Phi) is 7.33. The molecule has 4 rings (SSSR count). The van der Waals surface area contributed by atoms with Gasteiger partial charge in [-0.15, -0.1) is 0 Å². The normalized spacial score (nSPS) is 17.6. The van der Waals surface area contributed by atoms with Crippen molar-refractivity contribution in [1.29, 1.82) is 0 Å². The third-order valence-corrected chi connectivity index (χ3v) is 7.60. The molecular weight excluding hydrogens is 440 g/mol. The van der Waals surface area contributed by atoms with E-state index in [2.05, 4.69) is 39.0 Å². The fourth-order valence-electron chi connectivity index (χ4n) is 3.90. The van der Waals surface area contributed by atoms with Crippen molar-refractivity contribution in [2.24, 2.45) is 0 Å². The van der Waals surface area contributed by atoms with Crippen LogP contribution in [0, 0.1) is 0 Å². The van der Waals surface area contributed by atoms with Gasteiger partial charge in [0.15, 0.2) is 0 Å². The summed E-state index contributed by atoms with van der Waals surface area (Å²) in [6.45, 7) is 5.51. The Morgan fingerprint density at radius 1 is 1.06 bits per heavy atom. The number of likely N-dealkylation sites (N-methyl/N-ethyl adjacent to an activating group) is 1. The van der Waals surface area contributed by atoms with Crippen molar-refractivity contribution in [2.75, 3.05) is 40.3 Å². The molecule has 1 saturated heterocycles. The Bertz CT molecular complexity index is 1090. The average molecular weight is 473 g/mol. The van der Waals surface area contributed by atoms with Gasteiger partial charge in [0.25, 0.3) is 5.91 Å². The first kappa shape index (κ1) is 23.7. The summed E-state index contributed by atoms with van der Waals surface area (Å²) < 4.78 is 33.3. The number of methoxy groups -OCH3 is 1. The molecule has 8 nitrogen and oxygen atoms in total. The number of rotatable bonds is 9. The van der Waals surface area contributed by atoms with Gasteiger partial charge in [0.1, 0.15) is 10.6 Å². The lowest BCUT2D eigenvalue weighted by Crippen LogP contribution is -2.43. The second-order valence-electron chi connectivity index (χ2n) is 8.84. The van der Waals surface area contributed by atoms with Crippen LogP contribution >= 0.6 is 0 Å². The van der Waals surface area contributed by atoms with Crippen LogP contribution in [0.4, 0.5) is 0 Å². The van der Waals surface area contributed by atoms with Gasteiger partial charge in [0, 0.05) is 50.9 Å². The first-order chi connectivity index (χ1) is 15.8. The fourth-order valence-corrected chi connectivity index (χ4v) is 5.40. The van der Waals surface area contributed by atoms with Gasteiger partial charge in [-0.1, -0.05) is 24.3 Å². The van der Waals surface area contributed by atoms with E-state index in [0.717, 1.165) is 51.1 Å². The van der Waals surface area contributed by atoms with E-state index < -0.39 is 10.0 Å². The Hall–Kier alpha value is -2.46. The fraction of sp³-hybridized carbons (Fsp3) is 0.458. The van der Waals surface area contributed by atoms with Crippen molar-refractivity contribution in [3.05, 3.63) is 59.2 Å². The second-order valence-corrected chi connectivity index (χ2v) is 10.5. The zero-order chi connectivity index (χ0) is 23.4. The summed E-state index contributed by atoms with van der Waals surface area (Å²) in [6.07, 6.45) is 1.66. The minimum Gasteiger partial charge on any atom is -0.495 e. The summed E-state index contributed by atoms with van der Waals surface area (Å²) in [5, 5.41) is 2.91. The highest BCUT2D eigenvalue weighted by molar-refractivity contribution is 7.89. The highest BCUT2D eigenvalue weighted by Gasteiger charge is 2.30. The molecule has 1 amide bonds. The maximum Gasteiger partial charge on any atom is 0.251 e. The molecule has 0 radical (unpaired) electrons. The number of sulfonamides is 1. The zero-order valence-electron chi connectivity index (χ0n) is 19.2. The maximum atomic E-state index is 12.8. The third-order valence-electron chi connectivity index (χ3n) is 6.06. The lowest BCUT2D eigenvalue weighted by atomic mass is 10.1. The van der Waals surface area contributed by atoms with Crippen LogP contribution in [-0.2, 0) is 23.1 Å². The average Bonchev–Trinajstić information content (AvgIpc) is 3.62. The van der Waals surface area contributed by atoms with Gasteiger partial charge in [-0.2, -0.15) is 0 Å². The van der Waals surface area contributed by atoms with Gasteiger partial charge in [-0.3, -0.25) is 9.69 Å². The quantitative estimate of drug-likeness (QED) is 0.579. The monoisotopic (exact) mass is 472 g/mol. The minimum atomic E-state index is -3.75. The molecule has 2 aliphatic rings. The van der Waals surface area contributed by atoms with E-state index in [1.54, 1.807) is 6.07 Å². The van der Waals surface area contributed by atoms with E-state index in [9.17, 15) is 13.2 Å². The van der Waals surface area contributed by atoms with Gasteiger partial charge in [-0.25, -0.2) is 13.1 Å². The first-order valence-corrected chi connectivity index (χ1v) is 12.8. The molecular formula is C24H32N4O4S. The molecule has 178 valence electrons. The minimum absolute atomic E-state index is 0.0151. The van der Waals surface area contributed by atoms with E-state index >= 15 is 0 Å². The number of hydrogen-bond donors (Lipinski definition) is 2. The van der Waals surface area contributed by atoms with Crippen LogP contribution in [-0.4, -0.2) is 70.5 Å². The molecule has 0 unspecified atom stereocenters. The number of benzene rings is 2. The summed E-state index contributed by atoms with van der Waals surface area (Å²) in [4.78, 5) is 17.5. The van der Waals surface area contributed by atoms with Crippen LogP contribution in [0.2, 0.25) is 0 Å². The van der Waals surface area contributed by atoms with Crippen LogP contribution < -0.4 is 14.8 Å². The summed E-state index contributed by atoms with van der Waals surface area (Å²) in [5.74, 6) is -0.110. The van der Waals surface area contributed by atoms with Crippen LogP contribution in [0.15, 0.2) is 47.4 Å². The summed E-state index contributed by atoms with van der Waals surface area (Å²) in [5.41, 5.74) is 2.50. The second kappa shape index (κ2) is 10.2. The van der Waals surface area contributed by atoms with Crippen molar-refractivity contribution >= 4 is 15.9 Å². The van der Waals surface area contributed by atoms with Crippen molar-refractivity contribution < 1.29 is 17.9 Å². The third kappa shape index (κ3) is 6.32. The van der Waals surface area contributed by atoms with E-state index in [1.165, 1.54) is 24.8 Å². The molecule has 0 aromatic heterocycles. The van der Waals surface area contributed by atoms with Gasteiger partial charge in [-0.05, 0) is 49.2 Å². The molecule has 33 heavy (non-hydrogen) atoms. The van der Waals surface area contributed by atoms with Gasteiger partial charge < -0.3 is 15.0 Å². The van der Waals surface area contributed by atoms with E-state index in [1.807, 2.05) is 12.1 Å². The van der Waals surface area contributed by atoms with Crippen LogP contribution in [0.1, 0.15) is 34.3 Å². The SMILES string of the molecule is COc1ccc(C(=O)NCc2cccc(CN3CCN(C)CC3)c2)cc1S(=O)(=O)NC1CC1. The summed E-state index contributed by atoms with van der Waals surface area (Å²) in [7, 11) is -0.187. The standard InChI is InChI=1S/C24H32N4O4S/c1-27-10-12-28(13-11-27)17-19-5-3-4-18(14-19)16-25-24(29)20-6-9-22(32-2)23(15-20)33(30,31)26-21-7-8-21/h3-6,9,14-15,21,26H,7-8,10-13,16-17H2,1-2H3,(H,25,29). The van der Waals surface area contributed by atoms with Crippen LogP contribution in [0.3, 0.4) is 0 Å². The first-order valence-electron chi connectivity index (χ1n) is 11.3. The maximum absolute atomic E-state index is 12.8. The van der Waals surface area contributed by atoms with Crippen LogP contribution in [0.25, 0.3) is 0 Å². The van der Waals surface area contributed by atoms with Crippen molar-refractivity contribution in [3.8, 4) is 5.75 Å². The van der Waals surface area contributed by atoms with Crippen LogP contribution in [0.5, 0.6) is 5.75 Å². The lowest BCUT2D eigenvalue weighted by molar-refractivity contribution is 0.0950. The molecule has 2 aromatic carbocycles. The molecule has 1 aliphatic heterocycles.